The monoisotopic (exact) mass is 248 g/mol. The van der Waals surface area contributed by atoms with Crippen LogP contribution in [0, 0.1) is 0 Å². The van der Waals surface area contributed by atoms with E-state index in [9.17, 15) is 9.59 Å². The summed E-state index contributed by atoms with van der Waals surface area (Å²) in [7, 11) is 0. The first kappa shape index (κ1) is 18.0. The molecule has 0 heterocycles. The topological polar surface area (TPSA) is 115 Å². The van der Waals surface area contributed by atoms with Crippen molar-refractivity contribution in [1.82, 2.24) is 0 Å². The zero-order valence-corrected chi connectivity index (χ0v) is 11.3. The van der Waals surface area contributed by atoms with Crippen LogP contribution in [0.3, 0.4) is 0 Å². The van der Waals surface area contributed by atoms with Gasteiger partial charge >= 0.3 is 41.5 Å². The Hall–Kier alpha value is -1.37. The smallest absolute Gasteiger partial charge is 0.550 e. The fourth-order valence-corrected chi connectivity index (χ4v) is 0.755. The Balaban J connectivity index is 0. The maximum Gasteiger partial charge on any atom is 1.00 e. The van der Waals surface area contributed by atoms with E-state index in [1.165, 1.54) is 24.3 Å². The largest absolute Gasteiger partial charge is 1.00 e. The molecule has 2 N–H and O–H groups in total. The van der Waals surface area contributed by atoms with Crippen LogP contribution < -0.4 is 34.7 Å². The molecule has 0 saturated heterocycles. The summed E-state index contributed by atoms with van der Waals surface area (Å²) in [5, 5.41) is 25.8. The van der Waals surface area contributed by atoms with Crippen molar-refractivity contribution in [2.45, 2.75) is 6.92 Å². The van der Waals surface area contributed by atoms with Crippen molar-refractivity contribution in [2.75, 3.05) is 0 Å². The number of carboxylic acids is 3. The Morgan fingerprint density at radius 2 is 1.12 bits per heavy atom. The SMILES string of the molecule is CC(=O)[O-].O=C(O)c1ccc(C(=O)O)cc1.[Na+]. The van der Waals surface area contributed by atoms with Crippen molar-refractivity contribution in [3.8, 4) is 0 Å². The first-order chi connectivity index (χ1) is 7.34. The minimum Gasteiger partial charge on any atom is -0.550 e. The van der Waals surface area contributed by atoms with Crippen molar-refractivity contribution in [1.29, 1.82) is 0 Å². The molecule has 1 rings (SSSR count). The van der Waals surface area contributed by atoms with Gasteiger partial charge in [-0.3, -0.25) is 0 Å². The molecule has 0 bridgehead atoms. The van der Waals surface area contributed by atoms with Crippen LogP contribution in [0.1, 0.15) is 27.6 Å². The number of benzene rings is 1. The summed E-state index contributed by atoms with van der Waals surface area (Å²) in [6.45, 7) is 0.972. The molecule has 0 aliphatic rings. The van der Waals surface area contributed by atoms with Crippen LogP contribution >= 0.6 is 0 Å². The Morgan fingerprint density at radius 3 is 1.24 bits per heavy atom. The number of carbonyl (C=O) groups excluding carboxylic acids is 1. The second-order valence-corrected chi connectivity index (χ2v) is 2.68. The number of carbonyl (C=O) groups is 3. The Morgan fingerprint density at radius 1 is 0.941 bits per heavy atom. The quantitative estimate of drug-likeness (QED) is 0.534. The van der Waals surface area contributed by atoms with Crippen molar-refractivity contribution in [3.63, 3.8) is 0 Å². The standard InChI is InChI=1S/C8H6O4.C2H4O2.Na/c9-7(10)5-1-2-6(4-3-5)8(11)12;1-2(3)4;/h1-4H,(H,9,10)(H,11,12);1H3,(H,3,4);/q;;+1/p-1. The molecule has 17 heavy (non-hydrogen) atoms. The molecular weight excluding hydrogens is 239 g/mol. The summed E-state index contributed by atoms with van der Waals surface area (Å²) in [6.07, 6.45) is 0. The van der Waals surface area contributed by atoms with Crippen LogP contribution in [0.5, 0.6) is 0 Å². The number of hydrogen-bond acceptors (Lipinski definition) is 4. The van der Waals surface area contributed by atoms with E-state index < -0.39 is 17.9 Å². The summed E-state index contributed by atoms with van der Waals surface area (Å²) < 4.78 is 0. The molecule has 0 spiro atoms. The van der Waals surface area contributed by atoms with Crippen molar-refractivity contribution < 1.29 is 59.3 Å². The van der Waals surface area contributed by atoms with Gasteiger partial charge in [0.25, 0.3) is 0 Å². The second-order valence-electron chi connectivity index (χ2n) is 2.68. The number of aromatic carboxylic acids is 2. The predicted octanol–water partition coefficient (Wildman–Crippen LogP) is -3.16. The molecule has 0 aliphatic carbocycles. The van der Waals surface area contributed by atoms with Crippen LogP contribution in [-0.2, 0) is 4.79 Å². The Bertz CT molecular complexity index is 361. The normalized spacial score (nSPS) is 8.06. The van der Waals surface area contributed by atoms with E-state index >= 15 is 0 Å². The van der Waals surface area contributed by atoms with Gasteiger partial charge in [0.05, 0.1) is 11.1 Å². The molecule has 7 heteroatoms. The van der Waals surface area contributed by atoms with Gasteiger partial charge in [0.1, 0.15) is 0 Å². The predicted molar refractivity (Wildman–Crippen MR) is 51.0 cm³/mol. The molecule has 1 aromatic carbocycles. The molecule has 0 fully saturated rings. The number of carboxylic acid groups (broad SMARTS) is 3. The fourth-order valence-electron chi connectivity index (χ4n) is 0.755. The van der Waals surface area contributed by atoms with Crippen molar-refractivity contribution in [2.24, 2.45) is 0 Å². The van der Waals surface area contributed by atoms with E-state index in [0.29, 0.717) is 0 Å². The molecule has 0 amide bonds. The van der Waals surface area contributed by atoms with E-state index in [4.69, 9.17) is 20.1 Å². The maximum atomic E-state index is 10.3. The van der Waals surface area contributed by atoms with Gasteiger partial charge in [-0.2, -0.15) is 0 Å². The number of aliphatic carboxylic acids is 1. The van der Waals surface area contributed by atoms with E-state index in [0.717, 1.165) is 6.92 Å². The van der Waals surface area contributed by atoms with Crippen LogP contribution in [0.25, 0.3) is 0 Å². The third kappa shape index (κ3) is 8.44. The van der Waals surface area contributed by atoms with Gasteiger partial charge in [0.15, 0.2) is 0 Å². The van der Waals surface area contributed by atoms with Gasteiger partial charge in [-0.15, -0.1) is 0 Å². The average molecular weight is 248 g/mol. The summed E-state index contributed by atoms with van der Waals surface area (Å²) in [5.41, 5.74) is 0.167. The van der Waals surface area contributed by atoms with Crippen molar-refractivity contribution in [3.05, 3.63) is 35.4 Å². The molecule has 0 atom stereocenters. The molecule has 86 valence electrons. The Labute approximate surface area is 119 Å². The van der Waals surface area contributed by atoms with Crippen LogP contribution in [0.2, 0.25) is 0 Å². The molecule has 0 aliphatic heterocycles. The molecule has 0 aromatic heterocycles. The summed E-state index contributed by atoms with van der Waals surface area (Å²) in [6, 6.07) is 5.02. The maximum absolute atomic E-state index is 10.3. The first-order valence-electron chi connectivity index (χ1n) is 4.09. The molecule has 0 saturated carbocycles. The van der Waals surface area contributed by atoms with Gasteiger partial charge in [0.2, 0.25) is 0 Å². The summed E-state index contributed by atoms with van der Waals surface area (Å²) in [4.78, 5) is 29.6. The molecule has 1 aromatic rings. The minimum absolute atomic E-state index is 0. The van der Waals surface area contributed by atoms with Crippen LogP contribution in [-0.4, -0.2) is 28.1 Å². The summed E-state index contributed by atoms with van der Waals surface area (Å²) >= 11 is 0. The van der Waals surface area contributed by atoms with Crippen molar-refractivity contribution >= 4 is 17.9 Å². The van der Waals surface area contributed by atoms with E-state index in [2.05, 4.69) is 0 Å². The number of rotatable bonds is 2. The average Bonchev–Trinajstić information content (AvgIpc) is 2.17. The van der Waals surface area contributed by atoms with Gasteiger partial charge in [-0.25, -0.2) is 9.59 Å². The molecule has 0 unspecified atom stereocenters. The zero-order chi connectivity index (χ0) is 12.7. The molecule has 6 nitrogen and oxygen atoms in total. The van der Waals surface area contributed by atoms with Crippen LogP contribution in [0.4, 0.5) is 0 Å². The first-order valence-corrected chi connectivity index (χ1v) is 4.09. The van der Waals surface area contributed by atoms with E-state index in [-0.39, 0.29) is 40.7 Å². The van der Waals surface area contributed by atoms with E-state index in [1.807, 2.05) is 0 Å². The van der Waals surface area contributed by atoms with Gasteiger partial charge in [0, 0.05) is 5.97 Å². The van der Waals surface area contributed by atoms with E-state index in [1.54, 1.807) is 0 Å². The Kier molecular flexibility index (Phi) is 9.26. The van der Waals surface area contributed by atoms with Crippen LogP contribution in [0.15, 0.2) is 24.3 Å². The summed E-state index contributed by atoms with van der Waals surface area (Å²) in [5.74, 6) is -3.21. The zero-order valence-electron chi connectivity index (χ0n) is 9.34. The minimum atomic E-state index is -1.08. The number of hydrogen-bond donors (Lipinski definition) is 2. The van der Waals surface area contributed by atoms with Gasteiger partial charge < -0.3 is 20.1 Å². The molecule has 0 radical (unpaired) electrons. The third-order valence-electron chi connectivity index (χ3n) is 1.38. The molecular formula is C10H9NaO6. The van der Waals surface area contributed by atoms with Gasteiger partial charge in [-0.05, 0) is 31.2 Å². The van der Waals surface area contributed by atoms with Gasteiger partial charge in [-0.1, -0.05) is 0 Å². The fraction of sp³-hybridized carbons (Fsp3) is 0.100. The third-order valence-corrected chi connectivity index (χ3v) is 1.38. The second kappa shape index (κ2) is 8.74.